The second kappa shape index (κ2) is 10.4. The number of hydrogen-bond donors (Lipinski definition) is 2. The predicted octanol–water partition coefficient (Wildman–Crippen LogP) is 4.12. The Hall–Kier alpha value is -3.89. The SMILES string of the molecule is COc1c2c(c(NCCN(C)C)c3c(CN4C[C@@H]5C[C@H]4CN5C(=O)OC(C)(C)C)c[nH]c13)C(=O)c1ccccc1C2=O. The summed E-state index contributed by atoms with van der Waals surface area (Å²) >= 11 is 0. The molecule has 1 aliphatic carbocycles. The Morgan fingerprint density at radius 3 is 2.36 bits per heavy atom. The van der Waals surface area contributed by atoms with Crippen LogP contribution in [0.25, 0.3) is 10.9 Å². The average Bonchev–Trinajstić information content (AvgIpc) is 3.65. The number of ketones is 2. The standard InChI is InChI=1S/C32H39N5O5/c1-32(2,3)42-31(40)37-17-19-13-20(37)16-36(19)15-18-14-34-27-23(18)26(33-11-12-35(4)5)24-25(30(27)41-6)29(39)22-10-8-7-9-21(22)28(24)38/h7-10,14,19-20,33-34H,11-13,15-17H2,1-6H3/t19-,20-/m0/s1. The monoisotopic (exact) mass is 573 g/mol. The maximum atomic E-state index is 14.0. The van der Waals surface area contributed by atoms with Crippen LogP contribution in [-0.4, -0.2) is 102 Å². The van der Waals surface area contributed by atoms with Crippen molar-refractivity contribution >= 4 is 34.3 Å². The molecule has 0 radical (unpaired) electrons. The minimum atomic E-state index is -0.532. The Labute approximate surface area is 245 Å². The van der Waals surface area contributed by atoms with Crippen LogP contribution in [0.5, 0.6) is 5.75 Å². The number of likely N-dealkylation sites (tertiary alicyclic amines) is 2. The lowest BCUT2D eigenvalue weighted by Crippen LogP contribution is -2.49. The first-order valence-corrected chi connectivity index (χ1v) is 14.5. The number of H-pyrrole nitrogens is 1. The summed E-state index contributed by atoms with van der Waals surface area (Å²) < 4.78 is 11.5. The summed E-state index contributed by atoms with van der Waals surface area (Å²) in [5.74, 6) is -0.0192. The van der Waals surface area contributed by atoms with Crippen molar-refractivity contribution in [1.29, 1.82) is 0 Å². The van der Waals surface area contributed by atoms with Gasteiger partial charge in [0.1, 0.15) is 5.60 Å². The van der Waals surface area contributed by atoms with Gasteiger partial charge in [0, 0.05) is 67.5 Å². The first-order valence-electron chi connectivity index (χ1n) is 14.5. The van der Waals surface area contributed by atoms with E-state index >= 15 is 0 Å². The molecule has 2 saturated heterocycles. The highest BCUT2D eigenvalue weighted by molar-refractivity contribution is 6.33. The van der Waals surface area contributed by atoms with Crippen LogP contribution in [0.4, 0.5) is 10.5 Å². The number of fused-ring (bicyclic) bond motifs is 5. The van der Waals surface area contributed by atoms with Crippen LogP contribution in [0, 0.1) is 0 Å². The zero-order valence-electron chi connectivity index (χ0n) is 25.2. The van der Waals surface area contributed by atoms with E-state index in [-0.39, 0.29) is 29.7 Å². The van der Waals surface area contributed by atoms with Crippen molar-refractivity contribution in [2.75, 3.05) is 52.7 Å². The molecule has 0 saturated carbocycles. The van der Waals surface area contributed by atoms with Crippen molar-refractivity contribution in [2.45, 2.75) is 51.4 Å². The number of carbonyl (C=O) groups excluding carboxylic acids is 3. The van der Waals surface area contributed by atoms with E-state index in [4.69, 9.17) is 9.47 Å². The van der Waals surface area contributed by atoms with Gasteiger partial charge in [-0.05, 0) is 46.9 Å². The molecule has 3 aliphatic rings. The van der Waals surface area contributed by atoms with E-state index in [0.29, 0.717) is 58.8 Å². The highest BCUT2D eigenvalue weighted by Crippen LogP contribution is 2.46. The zero-order chi connectivity index (χ0) is 29.9. The molecule has 2 aromatic carbocycles. The van der Waals surface area contributed by atoms with Gasteiger partial charge in [-0.15, -0.1) is 0 Å². The number of nitrogens with zero attached hydrogens (tertiary/aromatic N) is 3. The van der Waals surface area contributed by atoms with E-state index in [9.17, 15) is 14.4 Å². The highest BCUT2D eigenvalue weighted by Gasteiger charge is 2.47. The first-order chi connectivity index (χ1) is 20.0. The van der Waals surface area contributed by atoms with Crippen molar-refractivity contribution in [3.8, 4) is 5.75 Å². The lowest BCUT2D eigenvalue weighted by atomic mass is 9.81. The Balaban J connectivity index is 1.39. The molecule has 2 bridgehead atoms. The van der Waals surface area contributed by atoms with Gasteiger partial charge in [0.05, 0.1) is 29.4 Å². The summed E-state index contributed by atoms with van der Waals surface area (Å²) in [5.41, 5.74) is 3.28. The predicted molar refractivity (Wildman–Crippen MR) is 161 cm³/mol. The molecule has 42 heavy (non-hydrogen) atoms. The van der Waals surface area contributed by atoms with Crippen molar-refractivity contribution in [2.24, 2.45) is 0 Å². The fraction of sp³-hybridized carbons (Fsp3) is 0.469. The molecule has 3 heterocycles. The number of likely N-dealkylation sites (N-methyl/N-ethyl adjacent to an activating group) is 1. The smallest absolute Gasteiger partial charge is 0.410 e. The number of nitrogens with one attached hydrogen (secondary N) is 2. The summed E-state index contributed by atoms with van der Waals surface area (Å²) in [6.07, 6.45) is 2.60. The van der Waals surface area contributed by atoms with Crippen molar-refractivity contribution < 1.29 is 23.9 Å². The molecule has 2 aliphatic heterocycles. The van der Waals surface area contributed by atoms with Crippen molar-refractivity contribution in [1.82, 2.24) is 19.7 Å². The van der Waals surface area contributed by atoms with E-state index in [1.165, 1.54) is 7.11 Å². The van der Waals surface area contributed by atoms with E-state index < -0.39 is 5.60 Å². The number of ether oxygens (including phenoxy) is 2. The summed E-state index contributed by atoms with van der Waals surface area (Å²) in [4.78, 5) is 50.3. The van der Waals surface area contributed by atoms with Crippen LogP contribution < -0.4 is 10.1 Å². The van der Waals surface area contributed by atoms with E-state index in [1.807, 2.05) is 46.0 Å². The number of anilines is 1. The number of aromatic nitrogens is 1. The fourth-order valence-electron chi connectivity index (χ4n) is 6.63. The maximum absolute atomic E-state index is 14.0. The minimum Gasteiger partial charge on any atom is -0.494 e. The molecule has 0 unspecified atom stereocenters. The molecule has 2 N–H and O–H groups in total. The maximum Gasteiger partial charge on any atom is 0.410 e. The van der Waals surface area contributed by atoms with Gasteiger partial charge >= 0.3 is 6.09 Å². The van der Waals surface area contributed by atoms with Gasteiger partial charge in [0.15, 0.2) is 17.3 Å². The van der Waals surface area contributed by atoms with E-state index in [0.717, 1.165) is 30.5 Å². The molecular weight excluding hydrogens is 534 g/mol. The topological polar surface area (TPSA) is 107 Å². The molecule has 10 heteroatoms. The van der Waals surface area contributed by atoms with Crippen LogP contribution in [-0.2, 0) is 11.3 Å². The number of amides is 1. The van der Waals surface area contributed by atoms with Gasteiger partial charge in [-0.2, -0.15) is 0 Å². The number of benzene rings is 2. The van der Waals surface area contributed by atoms with Gasteiger partial charge in [-0.25, -0.2) is 4.79 Å². The molecule has 2 fully saturated rings. The summed E-state index contributed by atoms with van der Waals surface area (Å²) in [7, 11) is 5.53. The number of piperazine rings is 1. The third-order valence-electron chi connectivity index (χ3n) is 8.46. The number of carbonyl (C=O) groups is 3. The minimum absolute atomic E-state index is 0.103. The molecule has 1 aromatic heterocycles. The van der Waals surface area contributed by atoms with Gasteiger partial charge in [0.25, 0.3) is 0 Å². The molecule has 2 atom stereocenters. The van der Waals surface area contributed by atoms with Gasteiger partial charge < -0.3 is 29.6 Å². The lowest BCUT2D eigenvalue weighted by molar-refractivity contribution is 0.0124. The van der Waals surface area contributed by atoms with Crippen LogP contribution in [0.15, 0.2) is 30.5 Å². The quantitative estimate of drug-likeness (QED) is 0.340. The Morgan fingerprint density at radius 1 is 1.07 bits per heavy atom. The second-order valence-electron chi connectivity index (χ2n) is 12.8. The number of aromatic amines is 1. The van der Waals surface area contributed by atoms with Crippen molar-refractivity contribution in [3.63, 3.8) is 0 Å². The fourth-order valence-corrected chi connectivity index (χ4v) is 6.63. The molecular formula is C32H39N5O5. The molecule has 1 amide bonds. The third-order valence-corrected chi connectivity index (χ3v) is 8.46. The average molecular weight is 574 g/mol. The van der Waals surface area contributed by atoms with Crippen LogP contribution in [0.3, 0.4) is 0 Å². The second-order valence-corrected chi connectivity index (χ2v) is 12.8. The van der Waals surface area contributed by atoms with Gasteiger partial charge in [0.2, 0.25) is 0 Å². The Morgan fingerprint density at radius 2 is 1.76 bits per heavy atom. The summed E-state index contributed by atoms with van der Waals surface area (Å²) in [5, 5.41) is 4.39. The van der Waals surface area contributed by atoms with Crippen LogP contribution >= 0.6 is 0 Å². The summed E-state index contributed by atoms with van der Waals surface area (Å²) in [6.45, 7) is 8.99. The van der Waals surface area contributed by atoms with Crippen molar-refractivity contribution in [3.05, 3.63) is 58.3 Å². The van der Waals surface area contributed by atoms with Gasteiger partial charge in [-0.3, -0.25) is 14.5 Å². The number of hydrogen-bond acceptors (Lipinski definition) is 8. The Bertz CT molecular complexity index is 1590. The molecule has 10 nitrogen and oxygen atoms in total. The molecule has 6 rings (SSSR count). The van der Waals surface area contributed by atoms with E-state index in [1.54, 1.807) is 24.3 Å². The normalized spacial score (nSPS) is 19.9. The number of rotatable bonds is 7. The van der Waals surface area contributed by atoms with Gasteiger partial charge in [-0.1, -0.05) is 24.3 Å². The first kappa shape index (κ1) is 28.2. The largest absolute Gasteiger partial charge is 0.494 e. The highest BCUT2D eigenvalue weighted by atomic mass is 16.6. The van der Waals surface area contributed by atoms with Crippen LogP contribution in [0.1, 0.15) is 64.6 Å². The number of methoxy groups -OCH3 is 1. The molecule has 222 valence electrons. The molecule has 3 aromatic rings. The lowest BCUT2D eigenvalue weighted by Gasteiger charge is -2.35. The Kier molecular flexibility index (Phi) is 7.01. The summed E-state index contributed by atoms with van der Waals surface area (Å²) in [6, 6.07) is 7.29. The van der Waals surface area contributed by atoms with Crippen LogP contribution in [0.2, 0.25) is 0 Å². The van der Waals surface area contributed by atoms with E-state index in [2.05, 4.69) is 20.1 Å². The zero-order valence-corrected chi connectivity index (χ0v) is 25.2. The molecule has 0 spiro atoms. The third kappa shape index (κ3) is 4.72.